The fourth-order valence-corrected chi connectivity index (χ4v) is 2.12. The van der Waals surface area contributed by atoms with Crippen molar-refractivity contribution in [3.05, 3.63) is 33.9 Å². The lowest BCUT2D eigenvalue weighted by Crippen LogP contribution is -2.01. The molecule has 0 aliphatic rings. The summed E-state index contributed by atoms with van der Waals surface area (Å²) in [7, 11) is 0. The predicted octanol–water partition coefficient (Wildman–Crippen LogP) is 3.46. The molecule has 2 aromatic rings. The van der Waals surface area contributed by atoms with E-state index in [2.05, 4.69) is 9.97 Å². The van der Waals surface area contributed by atoms with Gasteiger partial charge in [0.2, 0.25) is 5.88 Å². The molecule has 0 fully saturated rings. The Morgan fingerprint density at radius 2 is 2.11 bits per heavy atom. The van der Waals surface area contributed by atoms with Gasteiger partial charge in [-0.2, -0.15) is 4.98 Å². The van der Waals surface area contributed by atoms with Crippen molar-refractivity contribution in [3.8, 4) is 11.6 Å². The van der Waals surface area contributed by atoms with Gasteiger partial charge in [-0.05, 0) is 6.92 Å². The van der Waals surface area contributed by atoms with Crippen molar-refractivity contribution in [2.75, 3.05) is 0 Å². The molecule has 0 unspecified atom stereocenters. The fraction of sp³-hybridized carbons (Fsp3) is 0.308. The molecule has 100 valence electrons. The Hall–Kier alpha value is -1.95. The van der Waals surface area contributed by atoms with E-state index in [4.69, 9.17) is 9.84 Å². The van der Waals surface area contributed by atoms with Gasteiger partial charge in [0.05, 0.1) is 0 Å². The van der Waals surface area contributed by atoms with Gasteiger partial charge in [-0.3, -0.25) is 0 Å². The number of aromatic carboxylic acids is 1. The first-order chi connectivity index (χ1) is 8.95. The van der Waals surface area contributed by atoms with E-state index < -0.39 is 5.97 Å². The van der Waals surface area contributed by atoms with Gasteiger partial charge in [-0.25, -0.2) is 9.78 Å². The van der Waals surface area contributed by atoms with Crippen LogP contribution in [0.1, 0.15) is 41.0 Å². The van der Waals surface area contributed by atoms with Crippen molar-refractivity contribution < 1.29 is 14.6 Å². The molecular weight excluding hydrogens is 264 g/mol. The molecule has 6 heteroatoms. The van der Waals surface area contributed by atoms with Crippen LogP contribution in [0.15, 0.2) is 17.5 Å². The standard InChI is InChI=1S/C13H14N2O3S/c1-7(2)12-14-8(3)4-11(15-12)18-9-5-10(13(16)17)19-6-9/h4-7H,1-3H3,(H,16,17). The number of aromatic nitrogens is 2. The predicted molar refractivity (Wildman–Crippen MR) is 72.2 cm³/mol. The molecular formula is C13H14N2O3S. The zero-order valence-electron chi connectivity index (χ0n) is 10.9. The molecule has 2 rings (SSSR count). The van der Waals surface area contributed by atoms with Gasteiger partial charge < -0.3 is 9.84 Å². The molecule has 0 saturated heterocycles. The molecule has 2 aromatic heterocycles. The maximum atomic E-state index is 10.8. The van der Waals surface area contributed by atoms with Crippen LogP contribution in [-0.2, 0) is 0 Å². The lowest BCUT2D eigenvalue weighted by Gasteiger charge is -2.08. The summed E-state index contributed by atoms with van der Waals surface area (Å²) in [5.41, 5.74) is 0.822. The second-order valence-corrected chi connectivity index (χ2v) is 5.33. The zero-order valence-corrected chi connectivity index (χ0v) is 11.7. The van der Waals surface area contributed by atoms with Crippen LogP contribution < -0.4 is 4.74 Å². The van der Waals surface area contributed by atoms with E-state index in [1.54, 1.807) is 11.4 Å². The monoisotopic (exact) mass is 278 g/mol. The first kappa shape index (κ1) is 13.5. The fourth-order valence-electron chi connectivity index (χ4n) is 1.48. The van der Waals surface area contributed by atoms with Crippen LogP contribution in [-0.4, -0.2) is 21.0 Å². The Labute approximate surface area is 114 Å². The molecule has 0 aliphatic heterocycles. The Kier molecular flexibility index (Phi) is 3.80. The number of hydrogen-bond acceptors (Lipinski definition) is 5. The van der Waals surface area contributed by atoms with E-state index in [0.29, 0.717) is 17.5 Å². The molecule has 19 heavy (non-hydrogen) atoms. The average Bonchev–Trinajstić information content (AvgIpc) is 2.76. The highest BCUT2D eigenvalue weighted by molar-refractivity contribution is 7.12. The largest absolute Gasteiger partial charge is 0.477 e. The second kappa shape index (κ2) is 5.36. The first-order valence-corrected chi connectivity index (χ1v) is 6.69. The molecule has 0 radical (unpaired) electrons. The first-order valence-electron chi connectivity index (χ1n) is 5.81. The molecule has 0 saturated carbocycles. The third-order valence-corrected chi connectivity index (χ3v) is 3.27. The lowest BCUT2D eigenvalue weighted by molar-refractivity contribution is 0.0702. The Balaban J connectivity index is 2.24. The van der Waals surface area contributed by atoms with Crippen LogP contribution in [0.2, 0.25) is 0 Å². The minimum absolute atomic E-state index is 0.208. The quantitative estimate of drug-likeness (QED) is 0.927. The number of carboxylic acids is 1. The van der Waals surface area contributed by atoms with Crippen LogP contribution in [0.5, 0.6) is 11.6 Å². The highest BCUT2D eigenvalue weighted by Crippen LogP contribution is 2.27. The van der Waals surface area contributed by atoms with Crippen LogP contribution in [0, 0.1) is 6.92 Å². The number of thiophene rings is 1. The van der Waals surface area contributed by atoms with E-state index >= 15 is 0 Å². The third kappa shape index (κ3) is 3.29. The summed E-state index contributed by atoms with van der Waals surface area (Å²) < 4.78 is 5.58. The highest BCUT2D eigenvalue weighted by Gasteiger charge is 2.11. The molecule has 0 atom stereocenters. The van der Waals surface area contributed by atoms with Crippen molar-refractivity contribution >= 4 is 17.3 Å². The van der Waals surface area contributed by atoms with Crippen molar-refractivity contribution in [2.24, 2.45) is 0 Å². The van der Waals surface area contributed by atoms with Crippen molar-refractivity contribution in [1.29, 1.82) is 0 Å². The summed E-state index contributed by atoms with van der Waals surface area (Å²) in [4.78, 5) is 19.7. The molecule has 0 aliphatic carbocycles. The zero-order chi connectivity index (χ0) is 14.0. The van der Waals surface area contributed by atoms with Crippen LogP contribution in [0.3, 0.4) is 0 Å². The van der Waals surface area contributed by atoms with E-state index in [1.807, 2.05) is 20.8 Å². The molecule has 2 heterocycles. The van der Waals surface area contributed by atoms with E-state index in [-0.39, 0.29) is 10.8 Å². The summed E-state index contributed by atoms with van der Waals surface area (Å²) in [6.07, 6.45) is 0. The van der Waals surface area contributed by atoms with Crippen LogP contribution in [0.25, 0.3) is 0 Å². The highest BCUT2D eigenvalue weighted by atomic mass is 32.1. The summed E-state index contributed by atoms with van der Waals surface area (Å²) >= 11 is 1.12. The maximum Gasteiger partial charge on any atom is 0.346 e. The minimum Gasteiger partial charge on any atom is -0.477 e. The van der Waals surface area contributed by atoms with Crippen molar-refractivity contribution in [3.63, 3.8) is 0 Å². The van der Waals surface area contributed by atoms with E-state index in [1.165, 1.54) is 6.07 Å². The van der Waals surface area contributed by atoms with Gasteiger partial charge in [0, 0.05) is 29.1 Å². The van der Waals surface area contributed by atoms with Gasteiger partial charge >= 0.3 is 5.97 Å². The van der Waals surface area contributed by atoms with Gasteiger partial charge in [-0.15, -0.1) is 11.3 Å². The SMILES string of the molecule is Cc1cc(Oc2csc(C(=O)O)c2)nc(C(C)C)n1. The van der Waals surface area contributed by atoms with E-state index in [0.717, 1.165) is 17.0 Å². The molecule has 1 N–H and O–H groups in total. The molecule has 0 spiro atoms. The Morgan fingerprint density at radius 1 is 1.37 bits per heavy atom. The number of carboxylic acid groups (broad SMARTS) is 1. The summed E-state index contributed by atoms with van der Waals surface area (Å²) in [6.45, 7) is 5.88. The number of nitrogens with zero attached hydrogens (tertiary/aromatic N) is 2. The molecule has 0 amide bonds. The number of rotatable bonds is 4. The van der Waals surface area contributed by atoms with Crippen molar-refractivity contribution in [1.82, 2.24) is 9.97 Å². The smallest absolute Gasteiger partial charge is 0.346 e. The number of aryl methyl sites for hydroxylation is 1. The molecule has 5 nitrogen and oxygen atoms in total. The number of hydrogen-bond donors (Lipinski definition) is 1. The molecule has 0 aromatic carbocycles. The second-order valence-electron chi connectivity index (χ2n) is 4.41. The maximum absolute atomic E-state index is 10.8. The Morgan fingerprint density at radius 3 is 2.68 bits per heavy atom. The van der Waals surface area contributed by atoms with Gasteiger partial charge in [0.1, 0.15) is 16.5 Å². The van der Waals surface area contributed by atoms with Gasteiger partial charge in [-0.1, -0.05) is 13.8 Å². The lowest BCUT2D eigenvalue weighted by atomic mass is 10.2. The third-order valence-electron chi connectivity index (χ3n) is 2.37. The number of ether oxygens (including phenoxy) is 1. The summed E-state index contributed by atoms with van der Waals surface area (Å²) in [5, 5.41) is 10.5. The van der Waals surface area contributed by atoms with Crippen molar-refractivity contribution in [2.45, 2.75) is 26.7 Å². The molecule has 0 bridgehead atoms. The average molecular weight is 278 g/mol. The van der Waals surface area contributed by atoms with Crippen LogP contribution in [0.4, 0.5) is 0 Å². The van der Waals surface area contributed by atoms with Gasteiger partial charge in [0.15, 0.2) is 0 Å². The minimum atomic E-state index is -0.957. The number of carbonyl (C=O) groups is 1. The van der Waals surface area contributed by atoms with Crippen LogP contribution >= 0.6 is 11.3 Å². The summed E-state index contributed by atoms with van der Waals surface area (Å²) in [6, 6.07) is 3.21. The topological polar surface area (TPSA) is 72.3 Å². The van der Waals surface area contributed by atoms with E-state index in [9.17, 15) is 4.79 Å². The Bertz CT molecular complexity index is 608. The normalized spacial score (nSPS) is 10.7. The van der Waals surface area contributed by atoms with Gasteiger partial charge in [0.25, 0.3) is 0 Å². The summed E-state index contributed by atoms with van der Waals surface area (Å²) in [5.74, 6) is 0.880.